The number of amides is 1. The predicted molar refractivity (Wildman–Crippen MR) is 71.3 cm³/mol. The molecule has 0 radical (unpaired) electrons. The number of pyridine rings is 1. The minimum absolute atomic E-state index is 0.198. The molecule has 0 atom stereocenters. The molecule has 5 heteroatoms. The molecule has 0 bridgehead atoms. The molecule has 0 N–H and O–H groups in total. The average molecular weight is 252 g/mol. The summed E-state index contributed by atoms with van der Waals surface area (Å²) < 4.78 is 5.06. The highest BCUT2D eigenvalue weighted by molar-refractivity contribution is 5.94. The van der Waals surface area contributed by atoms with Crippen LogP contribution in [0.2, 0.25) is 0 Å². The van der Waals surface area contributed by atoms with E-state index >= 15 is 0 Å². The van der Waals surface area contributed by atoms with Gasteiger partial charge in [-0.25, -0.2) is 10.0 Å². The van der Waals surface area contributed by atoms with Crippen molar-refractivity contribution in [1.82, 2.24) is 10.0 Å². The third-order valence-electron chi connectivity index (χ3n) is 2.07. The van der Waals surface area contributed by atoms with Crippen molar-refractivity contribution in [1.29, 1.82) is 0 Å². The highest BCUT2D eigenvalue weighted by Crippen LogP contribution is 2.18. The first-order chi connectivity index (χ1) is 8.63. The normalized spacial score (nSPS) is 8.94. The largest absolute Gasteiger partial charge is 0.494 e. The van der Waals surface area contributed by atoms with Crippen molar-refractivity contribution < 1.29 is 14.4 Å². The van der Waals surface area contributed by atoms with E-state index < -0.39 is 0 Å². The molecule has 0 spiro atoms. The van der Waals surface area contributed by atoms with Crippen LogP contribution < -0.4 is 4.74 Å². The number of ether oxygens (including phenoxy) is 1. The fourth-order valence-corrected chi connectivity index (χ4v) is 1.13. The van der Waals surface area contributed by atoms with E-state index in [1.54, 1.807) is 18.2 Å². The number of aromatic nitrogens is 1. The van der Waals surface area contributed by atoms with Crippen molar-refractivity contribution in [3.8, 4) is 5.75 Å². The van der Waals surface area contributed by atoms with E-state index in [2.05, 4.69) is 11.6 Å². The van der Waals surface area contributed by atoms with Gasteiger partial charge in [-0.1, -0.05) is 20.4 Å². The average Bonchev–Trinajstić information content (AvgIpc) is 2.46. The zero-order valence-electron chi connectivity index (χ0n) is 11.6. The molecule has 0 aliphatic carbocycles. The van der Waals surface area contributed by atoms with Crippen molar-refractivity contribution in [3.05, 3.63) is 30.1 Å². The van der Waals surface area contributed by atoms with E-state index in [1.807, 2.05) is 13.8 Å². The summed E-state index contributed by atoms with van der Waals surface area (Å²) in [5.74, 6) is 0.0301. The molecule has 0 aromatic carbocycles. The Morgan fingerprint density at radius 2 is 2.00 bits per heavy atom. The fourth-order valence-electron chi connectivity index (χ4n) is 1.13. The van der Waals surface area contributed by atoms with Gasteiger partial charge in [0.15, 0.2) is 5.69 Å². The molecule has 0 fully saturated rings. The predicted octanol–water partition coefficient (Wildman–Crippen LogP) is 2.39. The van der Waals surface area contributed by atoms with Crippen LogP contribution in [-0.2, 0) is 4.84 Å². The summed E-state index contributed by atoms with van der Waals surface area (Å²) in [6, 6.07) is 3.39. The Balaban J connectivity index is 0.00000137. The van der Waals surface area contributed by atoms with Gasteiger partial charge in [-0.2, -0.15) is 0 Å². The maximum absolute atomic E-state index is 11.8. The SMILES string of the molecule is C=Cc1ccc(OC)c(C(=O)N(C)OC)n1.CC. The molecule has 0 unspecified atom stereocenters. The molecule has 0 saturated carbocycles. The molecule has 0 aliphatic rings. The van der Waals surface area contributed by atoms with Crippen LogP contribution in [0.5, 0.6) is 5.75 Å². The summed E-state index contributed by atoms with van der Waals surface area (Å²) in [6.07, 6.45) is 1.56. The molecular weight excluding hydrogens is 232 g/mol. The summed E-state index contributed by atoms with van der Waals surface area (Å²) in [6.45, 7) is 7.59. The van der Waals surface area contributed by atoms with Gasteiger partial charge < -0.3 is 4.74 Å². The van der Waals surface area contributed by atoms with Gasteiger partial charge in [0, 0.05) is 7.05 Å². The topological polar surface area (TPSA) is 51.7 Å². The van der Waals surface area contributed by atoms with Crippen molar-refractivity contribution in [3.63, 3.8) is 0 Å². The Morgan fingerprint density at radius 3 is 2.44 bits per heavy atom. The van der Waals surface area contributed by atoms with E-state index in [-0.39, 0.29) is 11.6 Å². The van der Waals surface area contributed by atoms with Crippen LogP contribution in [0.1, 0.15) is 30.0 Å². The van der Waals surface area contributed by atoms with Crippen molar-refractivity contribution in [2.24, 2.45) is 0 Å². The molecule has 1 heterocycles. The summed E-state index contributed by atoms with van der Waals surface area (Å²) in [5.41, 5.74) is 0.804. The molecule has 0 aliphatic heterocycles. The monoisotopic (exact) mass is 252 g/mol. The van der Waals surface area contributed by atoms with Crippen LogP contribution >= 0.6 is 0 Å². The van der Waals surface area contributed by atoms with Crippen LogP contribution in [-0.4, -0.2) is 37.2 Å². The molecule has 5 nitrogen and oxygen atoms in total. The first-order valence-corrected chi connectivity index (χ1v) is 5.63. The van der Waals surface area contributed by atoms with Crippen LogP contribution in [0.25, 0.3) is 6.08 Å². The smallest absolute Gasteiger partial charge is 0.299 e. The molecule has 1 rings (SSSR count). The van der Waals surface area contributed by atoms with Crippen molar-refractivity contribution in [2.45, 2.75) is 13.8 Å². The molecule has 18 heavy (non-hydrogen) atoms. The lowest BCUT2D eigenvalue weighted by Gasteiger charge is -2.15. The first-order valence-electron chi connectivity index (χ1n) is 5.63. The lowest BCUT2D eigenvalue weighted by molar-refractivity contribution is -0.0762. The summed E-state index contributed by atoms with van der Waals surface area (Å²) in [5, 5.41) is 1.08. The Morgan fingerprint density at radius 1 is 1.39 bits per heavy atom. The number of rotatable bonds is 4. The van der Waals surface area contributed by atoms with Crippen molar-refractivity contribution in [2.75, 3.05) is 21.3 Å². The molecule has 0 saturated heterocycles. The van der Waals surface area contributed by atoms with Crippen LogP contribution in [0.15, 0.2) is 18.7 Å². The third kappa shape index (κ3) is 3.85. The van der Waals surface area contributed by atoms with E-state index in [4.69, 9.17) is 9.57 Å². The summed E-state index contributed by atoms with van der Waals surface area (Å²) >= 11 is 0. The number of carbonyl (C=O) groups is 1. The van der Waals surface area contributed by atoms with Gasteiger partial charge in [0.05, 0.1) is 19.9 Å². The lowest BCUT2D eigenvalue weighted by atomic mass is 10.2. The Labute approximate surface area is 108 Å². The van der Waals surface area contributed by atoms with Gasteiger partial charge in [-0.15, -0.1) is 0 Å². The second kappa shape index (κ2) is 8.25. The van der Waals surface area contributed by atoms with Gasteiger partial charge in [0.25, 0.3) is 5.91 Å². The second-order valence-electron chi connectivity index (χ2n) is 2.98. The molecular formula is C13H20N2O3. The number of carbonyl (C=O) groups excluding carboxylic acids is 1. The summed E-state index contributed by atoms with van der Waals surface area (Å²) in [4.78, 5) is 20.8. The lowest BCUT2D eigenvalue weighted by Crippen LogP contribution is -2.26. The maximum Gasteiger partial charge on any atom is 0.299 e. The third-order valence-corrected chi connectivity index (χ3v) is 2.07. The van der Waals surface area contributed by atoms with Crippen LogP contribution in [0.3, 0.4) is 0 Å². The highest BCUT2D eigenvalue weighted by atomic mass is 16.7. The minimum Gasteiger partial charge on any atom is -0.494 e. The van der Waals surface area contributed by atoms with Gasteiger partial charge in [-0.3, -0.25) is 9.63 Å². The zero-order valence-corrected chi connectivity index (χ0v) is 11.6. The Bertz CT molecular complexity index is 405. The Hall–Kier alpha value is -1.88. The summed E-state index contributed by atoms with van der Waals surface area (Å²) in [7, 11) is 4.39. The van der Waals surface area contributed by atoms with Crippen molar-refractivity contribution >= 4 is 12.0 Å². The van der Waals surface area contributed by atoms with Gasteiger partial charge in [0.2, 0.25) is 0 Å². The van der Waals surface area contributed by atoms with E-state index in [9.17, 15) is 4.79 Å². The fraction of sp³-hybridized carbons (Fsp3) is 0.385. The quantitative estimate of drug-likeness (QED) is 0.772. The number of hydroxylamine groups is 2. The van der Waals surface area contributed by atoms with E-state index in [0.717, 1.165) is 5.06 Å². The van der Waals surface area contributed by atoms with E-state index in [0.29, 0.717) is 11.4 Å². The number of hydrogen-bond donors (Lipinski definition) is 0. The molecule has 100 valence electrons. The number of methoxy groups -OCH3 is 1. The first kappa shape index (κ1) is 16.1. The molecule has 1 amide bonds. The minimum atomic E-state index is -0.372. The van der Waals surface area contributed by atoms with Crippen LogP contribution in [0, 0.1) is 0 Å². The molecule has 1 aromatic rings. The maximum atomic E-state index is 11.8. The number of nitrogens with zero attached hydrogens (tertiary/aromatic N) is 2. The van der Waals surface area contributed by atoms with Gasteiger partial charge in [-0.05, 0) is 18.2 Å². The highest BCUT2D eigenvalue weighted by Gasteiger charge is 2.18. The van der Waals surface area contributed by atoms with E-state index in [1.165, 1.54) is 21.3 Å². The van der Waals surface area contributed by atoms with Gasteiger partial charge in [0.1, 0.15) is 5.75 Å². The Kier molecular flexibility index (Phi) is 7.38. The number of hydrogen-bond acceptors (Lipinski definition) is 4. The van der Waals surface area contributed by atoms with Crippen LogP contribution in [0.4, 0.5) is 0 Å². The standard InChI is InChI=1S/C11H14N2O3.C2H6/c1-5-8-6-7-9(15-3)10(12-8)11(14)13(2)16-4;1-2/h5-7H,1H2,2-4H3;1-2H3. The zero-order chi connectivity index (χ0) is 14.1. The second-order valence-corrected chi connectivity index (χ2v) is 2.98. The molecule has 1 aromatic heterocycles. The van der Waals surface area contributed by atoms with Gasteiger partial charge >= 0.3 is 0 Å².